The largest absolute Gasteiger partial charge is 0.388 e. The predicted octanol–water partition coefficient (Wildman–Crippen LogP) is 1.66. The lowest BCUT2D eigenvalue weighted by Gasteiger charge is -2.38. The van der Waals surface area contributed by atoms with Crippen LogP contribution in [-0.2, 0) is 4.79 Å². The lowest BCUT2D eigenvalue weighted by Crippen LogP contribution is -2.59. The molecule has 0 aliphatic carbocycles. The molecule has 4 heteroatoms. The normalized spacial score (nSPS) is 14.1. The van der Waals surface area contributed by atoms with Crippen LogP contribution in [0.3, 0.4) is 0 Å². The minimum absolute atomic E-state index is 0.295. The molecule has 0 spiro atoms. The van der Waals surface area contributed by atoms with Crippen molar-refractivity contribution in [3.8, 4) is 0 Å². The minimum Gasteiger partial charge on any atom is -0.388 e. The van der Waals surface area contributed by atoms with E-state index in [9.17, 15) is 9.90 Å². The van der Waals surface area contributed by atoms with Gasteiger partial charge in [-0.25, -0.2) is 0 Å². The molecule has 4 nitrogen and oxygen atoms in total. The lowest BCUT2D eigenvalue weighted by molar-refractivity contribution is -0.127. The summed E-state index contributed by atoms with van der Waals surface area (Å²) in [7, 11) is 0. The first-order valence-corrected chi connectivity index (χ1v) is 6.41. The average Bonchev–Trinajstić information content (AvgIpc) is 2.27. The third-order valence-corrected chi connectivity index (χ3v) is 3.68. The fourth-order valence-electron chi connectivity index (χ4n) is 1.46. The van der Waals surface area contributed by atoms with Crippen LogP contribution >= 0.6 is 0 Å². The summed E-state index contributed by atoms with van der Waals surface area (Å²) in [6, 6.07) is 6.79. The Morgan fingerprint density at radius 1 is 1.21 bits per heavy atom. The van der Waals surface area contributed by atoms with Gasteiger partial charge in [0, 0.05) is 0 Å². The Balaban J connectivity index is 2.81. The first-order valence-electron chi connectivity index (χ1n) is 6.41. The number of aryl methyl sites for hydroxylation is 1. The summed E-state index contributed by atoms with van der Waals surface area (Å²) in [5.74, 6) is -0.295. The van der Waals surface area contributed by atoms with E-state index in [0.717, 1.165) is 11.1 Å². The summed E-state index contributed by atoms with van der Waals surface area (Å²) in [5.41, 5.74) is 6.03. The standard InChI is InChI=1S/C15H24N2O2/c1-10-6-8-11(9-7-10)12(16)13(18)17-14(2,3)15(4,5)19/h6-9,12,19H,16H2,1-5H3,(H,17,18). The Labute approximate surface area is 115 Å². The SMILES string of the molecule is Cc1ccc(C(N)C(=O)NC(C)(C)C(C)(C)O)cc1. The van der Waals surface area contributed by atoms with Crippen molar-refractivity contribution in [3.63, 3.8) is 0 Å². The van der Waals surface area contributed by atoms with Crippen LogP contribution in [0.2, 0.25) is 0 Å². The topological polar surface area (TPSA) is 75.4 Å². The summed E-state index contributed by atoms with van der Waals surface area (Å²) in [4.78, 5) is 12.1. The highest BCUT2D eigenvalue weighted by molar-refractivity contribution is 5.83. The zero-order valence-electron chi connectivity index (χ0n) is 12.3. The lowest BCUT2D eigenvalue weighted by atomic mass is 9.85. The zero-order chi connectivity index (χ0) is 14.8. The molecule has 1 unspecified atom stereocenters. The maximum atomic E-state index is 12.1. The van der Waals surface area contributed by atoms with E-state index >= 15 is 0 Å². The molecule has 1 aromatic rings. The average molecular weight is 264 g/mol. The number of carbonyl (C=O) groups excluding carboxylic acids is 1. The molecule has 0 aliphatic rings. The van der Waals surface area contributed by atoms with Gasteiger partial charge < -0.3 is 16.2 Å². The van der Waals surface area contributed by atoms with Crippen molar-refractivity contribution in [1.82, 2.24) is 5.32 Å². The molecule has 0 aromatic heterocycles. The molecule has 4 N–H and O–H groups in total. The number of hydrogen-bond donors (Lipinski definition) is 3. The zero-order valence-corrected chi connectivity index (χ0v) is 12.3. The Morgan fingerprint density at radius 3 is 2.11 bits per heavy atom. The van der Waals surface area contributed by atoms with Crippen molar-refractivity contribution < 1.29 is 9.90 Å². The molecule has 1 amide bonds. The molecule has 0 fully saturated rings. The molecule has 0 saturated carbocycles. The van der Waals surface area contributed by atoms with Crippen molar-refractivity contribution in [2.75, 3.05) is 0 Å². The van der Waals surface area contributed by atoms with Gasteiger partial charge in [-0.05, 0) is 40.2 Å². The Morgan fingerprint density at radius 2 is 1.68 bits per heavy atom. The van der Waals surface area contributed by atoms with Crippen LogP contribution in [0.15, 0.2) is 24.3 Å². The van der Waals surface area contributed by atoms with E-state index in [0.29, 0.717) is 0 Å². The summed E-state index contributed by atoms with van der Waals surface area (Å²) in [5, 5.41) is 12.8. The molecule has 1 aromatic carbocycles. The van der Waals surface area contributed by atoms with E-state index in [1.807, 2.05) is 31.2 Å². The second-order valence-electron chi connectivity index (χ2n) is 6.06. The van der Waals surface area contributed by atoms with Crippen molar-refractivity contribution in [2.45, 2.75) is 51.8 Å². The van der Waals surface area contributed by atoms with Crippen molar-refractivity contribution in [2.24, 2.45) is 5.73 Å². The molecular formula is C15H24N2O2. The highest BCUT2D eigenvalue weighted by Gasteiger charge is 2.37. The van der Waals surface area contributed by atoms with Gasteiger partial charge >= 0.3 is 0 Å². The summed E-state index contributed by atoms with van der Waals surface area (Å²) < 4.78 is 0. The number of carbonyl (C=O) groups is 1. The monoisotopic (exact) mass is 264 g/mol. The van der Waals surface area contributed by atoms with E-state index in [1.54, 1.807) is 27.7 Å². The number of amides is 1. The smallest absolute Gasteiger partial charge is 0.242 e. The first-order chi connectivity index (χ1) is 8.54. The summed E-state index contributed by atoms with van der Waals surface area (Å²) in [6.07, 6.45) is 0. The van der Waals surface area contributed by atoms with Crippen molar-refractivity contribution in [3.05, 3.63) is 35.4 Å². The van der Waals surface area contributed by atoms with Crippen LogP contribution in [0.1, 0.15) is 44.9 Å². The highest BCUT2D eigenvalue weighted by atomic mass is 16.3. The Kier molecular flexibility index (Phi) is 4.38. The second kappa shape index (κ2) is 5.31. The molecule has 106 valence electrons. The van der Waals surface area contributed by atoms with Gasteiger partial charge in [0.15, 0.2) is 0 Å². The first kappa shape index (κ1) is 15.7. The van der Waals surface area contributed by atoms with Gasteiger partial charge in [0.2, 0.25) is 5.91 Å². The van der Waals surface area contributed by atoms with Crippen LogP contribution in [0.5, 0.6) is 0 Å². The van der Waals surface area contributed by atoms with E-state index < -0.39 is 17.2 Å². The van der Waals surface area contributed by atoms with Gasteiger partial charge in [0.1, 0.15) is 6.04 Å². The molecule has 0 heterocycles. The minimum atomic E-state index is -1.03. The summed E-state index contributed by atoms with van der Waals surface area (Å²) >= 11 is 0. The number of nitrogens with two attached hydrogens (primary N) is 1. The fraction of sp³-hybridized carbons (Fsp3) is 0.533. The van der Waals surface area contributed by atoms with Gasteiger partial charge in [-0.1, -0.05) is 29.8 Å². The maximum Gasteiger partial charge on any atom is 0.242 e. The van der Waals surface area contributed by atoms with Crippen LogP contribution in [0.4, 0.5) is 0 Å². The molecule has 1 atom stereocenters. The third kappa shape index (κ3) is 3.78. The number of aliphatic hydroxyl groups is 1. The fourth-order valence-corrected chi connectivity index (χ4v) is 1.46. The van der Waals surface area contributed by atoms with Crippen LogP contribution in [0.25, 0.3) is 0 Å². The quantitative estimate of drug-likeness (QED) is 0.774. The number of benzene rings is 1. The molecule has 19 heavy (non-hydrogen) atoms. The van der Waals surface area contributed by atoms with Crippen LogP contribution < -0.4 is 11.1 Å². The number of hydrogen-bond acceptors (Lipinski definition) is 3. The van der Waals surface area contributed by atoms with E-state index in [4.69, 9.17) is 5.73 Å². The van der Waals surface area contributed by atoms with E-state index in [-0.39, 0.29) is 5.91 Å². The summed E-state index contributed by atoms with van der Waals surface area (Å²) in [6.45, 7) is 8.83. The molecule has 0 saturated heterocycles. The van der Waals surface area contributed by atoms with Gasteiger partial charge in [-0.2, -0.15) is 0 Å². The third-order valence-electron chi connectivity index (χ3n) is 3.68. The maximum absolute atomic E-state index is 12.1. The Bertz CT molecular complexity index is 444. The predicted molar refractivity (Wildman–Crippen MR) is 76.6 cm³/mol. The number of rotatable bonds is 4. The molecule has 1 rings (SSSR count). The van der Waals surface area contributed by atoms with Crippen molar-refractivity contribution in [1.29, 1.82) is 0 Å². The van der Waals surface area contributed by atoms with E-state index in [2.05, 4.69) is 5.32 Å². The van der Waals surface area contributed by atoms with E-state index in [1.165, 1.54) is 0 Å². The van der Waals surface area contributed by atoms with Crippen LogP contribution in [0, 0.1) is 6.92 Å². The number of nitrogens with one attached hydrogen (secondary N) is 1. The van der Waals surface area contributed by atoms with Gasteiger partial charge in [0.05, 0.1) is 11.1 Å². The van der Waals surface area contributed by atoms with Crippen molar-refractivity contribution >= 4 is 5.91 Å². The Hall–Kier alpha value is -1.39. The van der Waals surface area contributed by atoms with Gasteiger partial charge in [0.25, 0.3) is 0 Å². The van der Waals surface area contributed by atoms with Crippen LogP contribution in [-0.4, -0.2) is 22.2 Å². The van der Waals surface area contributed by atoms with Gasteiger partial charge in [-0.3, -0.25) is 4.79 Å². The highest BCUT2D eigenvalue weighted by Crippen LogP contribution is 2.22. The molecule has 0 radical (unpaired) electrons. The molecule has 0 bridgehead atoms. The second-order valence-corrected chi connectivity index (χ2v) is 6.06. The molecule has 0 aliphatic heterocycles. The van der Waals surface area contributed by atoms with Gasteiger partial charge in [-0.15, -0.1) is 0 Å². The molecular weight excluding hydrogens is 240 g/mol.